The van der Waals surface area contributed by atoms with E-state index in [1.54, 1.807) is 0 Å². The summed E-state index contributed by atoms with van der Waals surface area (Å²) in [5.74, 6) is -7.43. The van der Waals surface area contributed by atoms with Gasteiger partial charge in [-0.2, -0.15) is 0 Å². The average Bonchev–Trinajstić information content (AvgIpc) is 3.44. The van der Waals surface area contributed by atoms with E-state index in [1.807, 2.05) is 0 Å². The monoisotopic (exact) mass is 1000 g/mol. The topological polar surface area (TPSA) is 120 Å². The maximum atomic E-state index is 10.6. The van der Waals surface area contributed by atoms with E-state index < -0.39 is 35.7 Å². The van der Waals surface area contributed by atoms with Crippen LogP contribution in [0, 0.1) is 17.8 Å². The van der Waals surface area contributed by atoms with Gasteiger partial charge in [-0.25, -0.2) is 0 Å². The first kappa shape index (κ1) is 52.3. The highest BCUT2D eigenvalue weighted by Crippen LogP contribution is 2.34. The van der Waals surface area contributed by atoms with Gasteiger partial charge in [-0.3, -0.25) is 0 Å². The van der Waals surface area contributed by atoms with Crippen LogP contribution >= 0.6 is 0 Å². The van der Waals surface area contributed by atoms with Crippen LogP contribution in [0.2, 0.25) is 0 Å². The van der Waals surface area contributed by atoms with Gasteiger partial charge in [-0.15, -0.1) is 0 Å². The molecule has 0 radical (unpaired) electrons. The quantitative estimate of drug-likeness (QED) is 0.112. The molecule has 0 saturated heterocycles. The highest BCUT2D eigenvalue weighted by atomic mass is 32.2. The van der Waals surface area contributed by atoms with Gasteiger partial charge in [0.25, 0.3) is 0 Å². The molecule has 72 heavy (non-hydrogen) atoms. The van der Waals surface area contributed by atoms with Crippen LogP contribution in [0.3, 0.4) is 0 Å². The summed E-state index contributed by atoms with van der Waals surface area (Å²) in [6.07, 6.45) is -0.392. The molecule has 10 rings (SSSR count). The molecule has 9 aromatic rings. The fourth-order valence-corrected chi connectivity index (χ4v) is 14.4. The Balaban J connectivity index is 0.000000142. The first-order valence-corrected chi connectivity index (χ1v) is 27.2. The van der Waals surface area contributed by atoms with Gasteiger partial charge in [0, 0.05) is 17.9 Å². The van der Waals surface area contributed by atoms with Gasteiger partial charge in [0.05, 0.1) is 32.7 Å². The fraction of sp³-hybridized carbons (Fsp3) is 0.0952. The van der Waals surface area contributed by atoms with Crippen molar-refractivity contribution in [1.29, 1.82) is 0 Å². The zero-order valence-corrected chi connectivity index (χ0v) is 42.0. The van der Waals surface area contributed by atoms with Crippen LogP contribution in [0.5, 0.6) is 0 Å². The van der Waals surface area contributed by atoms with Crippen LogP contribution in [0.4, 0.5) is 0 Å². The second-order valence-electron chi connectivity index (χ2n) is 16.5. The van der Waals surface area contributed by atoms with Crippen LogP contribution in [0.25, 0.3) is 0 Å². The second kappa shape index (κ2) is 27.7. The van der Waals surface area contributed by atoms with E-state index in [0.29, 0.717) is 0 Å². The smallest absolute Gasteiger partial charge is 0.166 e. The van der Waals surface area contributed by atoms with Gasteiger partial charge in [0.15, 0.2) is 44.1 Å². The van der Waals surface area contributed by atoms with Crippen LogP contribution < -0.4 is 15.3 Å². The number of hydrogen-bond acceptors (Lipinski definition) is 6. The number of aliphatic carboxylic acids is 3. The van der Waals surface area contributed by atoms with Crippen molar-refractivity contribution in [2.24, 2.45) is 17.8 Å². The van der Waals surface area contributed by atoms with Crippen LogP contribution in [0.1, 0.15) is 19.3 Å². The standard InChI is InChI=1S/3C18H15S.C9H12O6/c3*1-4-10-16(11-5-1)19(17-12-6-2-7-13-17)18-14-8-3-9-15-18;10-7(11)4-1-5(8(12)13)3-6(2-4)9(14)15/h3*1-15H;4-6H,1-3H2,(H,10,11)(H,12,13)(H,14,15)/q3*+1;/p-3. The number of carbonyl (C=O) groups excluding carboxylic acids is 3. The van der Waals surface area contributed by atoms with E-state index in [9.17, 15) is 29.7 Å². The molecule has 6 nitrogen and oxygen atoms in total. The Morgan fingerprint density at radius 3 is 0.444 bits per heavy atom. The van der Waals surface area contributed by atoms with Crippen molar-refractivity contribution in [2.45, 2.75) is 63.3 Å². The molecular weight excluding hydrogens is 949 g/mol. The molecule has 0 bridgehead atoms. The first-order chi connectivity index (χ1) is 35.3. The van der Waals surface area contributed by atoms with E-state index in [2.05, 4.69) is 273 Å². The average molecular weight is 1000 g/mol. The molecule has 9 aromatic carbocycles. The molecule has 0 amide bonds. The zero-order chi connectivity index (χ0) is 50.3. The minimum atomic E-state index is -1.42. The van der Waals surface area contributed by atoms with Gasteiger partial charge in [-0.05, 0) is 146 Å². The number of carboxylic acid groups (broad SMARTS) is 3. The molecule has 0 unspecified atom stereocenters. The molecule has 0 N–H and O–H groups in total. The number of carboxylic acids is 3. The predicted octanol–water partition coefficient (Wildman–Crippen LogP) is 10.6. The van der Waals surface area contributed by atoms with E-state index in [0.717, 1.165) is 0 Å². The van der Waals surface area contributed by atoms with Crippen molar-refractivity contribution in [3.05, 3.63) is 273 Å². The lowest BCUT2D eigenvalue weighted by molar-refractivity contribution is -0.323. The SMILES string of the molecule is O=C([O-])C1CC(C(=O)[O-])CC(C(=O)[O-])C1.c1ccc([S+](c2ccccc2)c2ccccc2)cc1.c1ccc([S+](c2ccccc2)c2ccccc2)cc1.c1ccc([S+](c2ccccc2)c2ccccc2)cc1. The van der Waals surface area contributed by atoms with Crippen LogP contribution in [-0.2, 0) is 47.1 Å². The maximum Gasteiger partial charge on any atom is 0.166 e. The van der Waals surface area contributed by atoms with E-state index >= 15 is 0 Å². The van der Waals surface area contributed by atoms with Crippen LogP contribution in [-0.4, -0.2) is 17.9 Å². The lowest BCUT2D eigenvalue weighted by Crippen LogP contribution is -2.46. The summed E-state index contributed by atoms with van der Waals surface area (Å²) in [7, 11) is -0.0439. The van der Waals surface area contributed by atoms with Crippen molar-refractivity contribution in [3.8, 4) is 0 Å². The molecule has 0 spiro atoms. The van der Waals surface area contributed by atoms with Gasteiger partial charge in [0.1, 0.15) is 0 Å². The molecule has 0 heterocycles. The molecular formula is C63H54O6S3. The molecule has 0 aliphatic heterocycles. The Morgan fingerprint density at radius 1 is 0.236 bits per heavy atom. The Morgan fingerprint density at radius 2 is 0.347 bits per heavy atom. The third-order valence-corrected chi connectivity index (χ3v) is 18.2. The van der Waals surface area contributed by atoms with E-state index in [1.165, 1.54) is 44.1 Å². The molecule has 0 atom stereocenters. The molecule has 0 aromatic heterocycles. The van der Waals surface area contributed by atoms with Crippen molar-refractivity contribution >= 4 is 50.6 Å². The van der Waals surface area contributed by atoms with Crippen LogP contribution in [0.15, 0.2) is 317 Å². The maximum absolute atomic E-state index is 10.6. The Hall–Kier alpha value is -7.56. The summed E-state index contributed by atoms with van der Waals surface area (Å²) >= 11 is 0. The third kappa shape index (κ3) is 15.2. The zero-order valence-electron chi connectivity index (χ0n) is 39.5. The number of hydrogen-bond donors (Lipinski definition) is 0. The lowest BCUT2D eigenvalue weighted by Gasteiger charge is -2.36. The molecule has 360 valence electrons. The van der Waals surface area contributed by atoms with Crippen molar-refractivity contribution in [2.75, 3.05) is 0 Å². The Labute approximate surface area is 431 Å². The first-order valence-electron chi connectivity index (χ1n) is 23.6. The highest BCUT2D eigenvalue weighted by Gasteiger charge is 2.32. The summed E-state index contributed by atoms with van der Waals surface area (Å²) in [6.45, 7) is 0. The van der Waals surface area contributed by atoms with Gasteiger partial charge in [0.2, 0.25) is 0 Å². The summed E-state index contributed by atoms with van der Waals surface area (Å²) in [6, 6.07) is 96.5. The van der Waals surface area contributed by atoms with Gasteiger partial charge >= 0.3 is 0 Å². The second-order valence-corrected chi connectivity index (χ2v) is 22.6. The van der Waals surface area contributed by atoms with Gasteiger partial charge < -0.3 is 29.7 Å². The highest BCUT2D eigenvalue weighted by molar-refractivity contribution is 7.97. The molecule has 1 aliphatic carbocycles. The number of benzene rings is 9. The lowest BCUT2D eigenvalue weighted by atomic mass is 9.75. The molecule has 1 saturated carbocycles. The molecule has 1 fully saturated rings. The largest absolute Gasteiger partial charge is 0.550 e. The predicted molar refractivity (Wildman–Crippen MR) is 284 cm³/mol. The van der Waals surface area contributed by atoms with E-state index in [-0.39, 0.29) is 51.9 Å². The van der Waals surface area contributed by atoms with Crippen molar-refractivity contribution in [3.63, 3.8) is 0 Å². The number of rotatable bonds is 12. The summed E-state index contributed by atoms with van der Waals surface area (Å²) in [5, 5.41) is 31.7. The number of carbonyl (C=O) groups is 3. The third-order valence-electron chi connectivity index (χ3n) is 11.5. The summed E-state index contributed by atoms with van der Waals surface area (Å²) in [5.41, 5.74) is 0. The molecule has 9 heteroatoms. The molecule has 1 aliphatic rings. The minimum Gasteiger partial charge on any atom is -0.550 e. The van der Waals surface area contributed by atoms with Crippen molar-refractivity contribution < 1.29 is 29.7 Å². The summed E-state index contributed by atoms with van der Waals surface area (Å²) < 4.78 is 0. The Bertz CT molecular complexity index is 2360. The van der Waals surface area contributed by atoms with Crippen molar-refractivity contribution in [1.82, 2.24) is 0 Å². The summed E-state index contributed by atoms with van der Waals surface area (Å²) in [4.78, 5) is 43.9. The Kier molecular flexibility index (Phi) is 20.1. The minimum absolute atomic E-state index is 0.0146. The normalized spacial score (nSPS) is 14.8. The fourth-order valence-electron chi connectivity index (χ4n) is 8.13. The van der Waals surface area contributed by atoms with Gasteiger partial charge in [-0.1, -0.05) is 164 Å². The van der Waals surface area contributed by atoms with E-state index in [4.69, 9.17) is 0 Å².